The van der Waals surface area contributed by atoms with E-state index in [4.69, 9.17) is 19.1 Å². The van der Waals surface area contributed by atoms with Crippen LogP contribution in [0.3, 0.4) is 0 Å². The quantitative estimate of drug-likeness (QED) is 0.905. The molecule has 0 atom stereocenters. The lowest BCUT2D eigenvalue weighted by Crippen LogP contribution is -1.97. The van der Waals surface area contributed by atoms with Gasteiger partial charge in [0.25, 0.3) is 0 Å². The molecule has 1 aliphatic rings. The molecule has 0 unspecified atom stereocenters. The molecule has 104 valence electrons. The second kappa shape index (κ2) is 5.16. The number of carboxylic acids is 1. The second-order valence-electron chi connectivity index (χ2n) is 4.22. The number of benzene rings is 1. The summed E-state index contributed by atoms with van der Waals surface area (Å²) in [4.78, 5) is 10.8. The van der Waals surface area contributed by atoms with Gasteiger partial charge in [0.1, 0.15) is 0 Å². The third kappa shape index (κ3) is 2.36. The molecular formula is C13H10BrNO5. The third-order valence-electron chi connectivity index (χ3n) is 2.82. The molecule has 0 saturated heterocycles. The second-order valence-corrected chi connectivity index (χ2v) is 5.07. The molecule has 0 saturated carbocycles. The Morgan fingerprint density at radius 1 is 1.25 bits per heavy atom. The molecule has 0 amide bonds. The van der Waals surface area contributed by atoms with Gasteiger partial charge in [-0.3, -0.25) is 0 Å². The van der Waals surface area contributed by atoms with Crippen molar-refractivity contribution in [3.63, 3.8) is 0 Å². The average Bonchev–Trinajstić information content (AvgIpc) is 2.79. The molecule has 1 aliphatic heterocycles. The molecule has 1 aromatic carbocycles. The minimum Gasteiger partial charge on any atom is -0.489 e. The van der Waals surface area contributed by atoms with Crippen LogP contribution < -0.4 is 9.47 Å². The number of ether oxygens (including phenoxy) is 2. The summed E-state index contributed by atoms with van der Waals surface area (Å²) in [6, 6.07) is 4.89. The highest BCUT2D eigenvalue weighted by molar-refractivity contribution is 9.10. The van der Waals surface area contributed by atoms with Gasteiger partial charge in [0.05, 0.1) is 17.7 Å². The van der Waals surface area contributed by atoms with Gasteiger partial charge >= 0.3 is 5.97 Å². The number of aromatic nitrogens is 1. The highest BCUT2D eigenvalue weighted by Gasteiger charge is 2.19. The molecule has 2 aromatic rings. The fourth-order valence-electron chi connectivity index (χ4n) is 1.89. The van der Waals surface area contributed by atoms with Crippen LogP contribution in [0.4, 0.5) is 0 Å². The largest absolute Gasteiger partial charge is 0.489 e. The maximum Gasteiger partial charge on any atom is 0.358 e. The zero-order valence-corrected chi connectivity index (χ0v) is 11.8. The predicted molar refractivity (Wildman–Crippen MR) is 72.2 cm³/mol. The number of nitrogens with zero attached hydrogens (tertiary/aromatic N) is 1. The van der Waals surface area contributed by atoms with Crippen molar-refractivity contribution >= 4 is 21.9 Å². The van der Waals surface area contributed by atoms with Crippen LogP contribution in [-0.4, -0.2) is 29.4 Å². The van der Waals surface area contributed by atoms with Gasteiger partial charge < -0.3 is 19.1 Å². The number of halogens is 1. The van der Waals surface area contributed by atoms with Crippen molar-refractivity contribution in [2.24, 2.45) is 0 Å². The summed E-state index contributed by atoms with van der Waals surface area (Å²) < 4.78 is 17.0. The van der Waals surface area contributed by atoms with Crippen LogP contribution in [0.25, 0.3) is 11.3 Å². The van der Waals surface area contributed by atoms with Crippen LogP contribution in [-0.2, 0) is 0 Å². The lowest BCUT2D eigenvalue weighted by molar-refractivity contribution is 0.0686. The number of hydrogen-bond donors (Lipinski definition) is 1. The zero-order chi connectivity index (χ0) is 14.1. The van der Waals surface area contributed by atoms with Gasteiger partial charge in [0, 0.05) is 18.1 Å². The van der Waals surface area contributed by atoms with Crippen molar-refractivity contribution in [2.45, 2.75) is 6.42 Å². The Morgan fingerprint density at radius 3 is 2.80 bits per heavy atom. The fourth-order valence-corrected chi connectivity index (χ4v) is 2.44. The molecule has 6 nitrogen and oxygen atoms in total. The van der Waals surface area contributed by atoms with Crippen LogP contribution in [0.15, 0.2) is 27.2 Å². The fraction of sp³-hybridized carbons (Fsp3) is 0.231. The highest BCUT2D eigenvalue weighted by Crippen LogP contribution is 2.41. The van der Waals surface area contributed by atoms with Crippen molar-refractivity contribution < 1.29 is 23.9 Å². The van der Waals surface area contributed by atoms with Gasteiger partial charge in [-0.15, -0.1) is 0 Å². The van der Waals surface area contributed by atoms with Crippen molar-refractivity contribution in [3.8, 4) is 22.8 Å². The molecular weight excluding hydrogens is 330 g/mol. The van der Waals surface area contributed by atoms with Crippen molar-refractivity contribution in [1.29, 1.82) is 0 Å². The summed E-state index contributed by atoms with van der Waals surface area (Å²) in [5.41, 5.74) is 0.532. The van der Waals surface area contributed by atoms with E-state index >= 15 is 0 Å². The lowest BCUT2D eigenvalue weighted by atomic mass is 10.1. The number of fused-ring (bicyclic) bond motifs is 1. The van der Waals surface area contributed by atoms with E-state index in [9.17, 15) is 4.79 Å². The summed E-state index contributed by atoms with van der Waals surface area (Å²) in [6.45, 7) is 1.16. The molecule has 7 heteroatoms. The van der Waals surface area contributed by atoms with Crippen molar-refractivity contribution in [3.05, 3.63) is 28.4 Å². The standard InChI is InChI=1S/C13H10BrNO5/c14-8-4-7(10-6-9(13(16)17)15-20-10)5-11-12(8)19-3-1-2-18-11/h4-6H,1-3H2,(H,16,17). The monoisotopic (exact) mass is 339 g/mol. The average molecular weight is 340 g/mol. The molecule has 0 radical (unpaired) electrons. The number of hydrogen-bond acceptors (Lipinski definition) is 5. The molecule has 3 rings (SSSR count). The summed E-state index contributed by atoms with van der Waals surface area (Å²) >= 11 is 3.42. The summed E-state index contributed by atoms with van der Waals surface area (Å²) in [7, 11) is 0. The van der Waals surface area contributed by atoms with Crippen LogP contribution in [0.2, 0.25) is 0 Å². The minimum absolute atomic E-state index is 0.136. The zero-order valence-electron chi connectivity index (χ0n) is 10.3. The molecule has 0 bridgehead atoms. The van der Waals surface area contributed by atoms with E-state index in [0.717, 1.165) is 10.9 Å². The Labute approximate surface area is 122 Å². The summed E-state index contributed by atoms with van der Waals surface area (Å²) in [5.74, 6) is 0.469. The molecule has 0 aliphatic carbocycles. The van der Waals surface area contributed by atoms with E-state index in [1.165, 1.54) is 6.07 Å². The maximum atomic E-state index is 10.8. The van der Waals surface area contributed by atoms with Gasteiger partial charge in [-0.05, 0) is 28.1 Å². The van der Waals surface area contributed by atoms with E-state index in [0.29, 0.717) is 36.0 Å². The molecule has 1 aromatic heterocycles. The van der Waals surface area contributed by atoms with Gasteiger partial charge in [-0.1, -0.05) is 5.16 Å². The van der Waals surface area contributed by atoms with Crippen LogP contribution in [0, 0.1) is 0 Å². The van der Waals surface area contributed by atoms with E-state index in [-0.39, 0.29) is 5.69 Å². The first-order chi connectivity index (χ1) is 9.65. The predicted octanol–water partition coefficient (Wildman–Crippen LogP) is 2.96. The number of rotatable bonds is 2. The third-order valence-corrected chi connectivity index (χ3v) is 3.40. The normalized spacial score (nSPS) is 13.8. The van der Waals surface area contributed by atoms with E-state index in [1.54, 1.807) is 12.1 Å². The Morgan fingerprint density at radius 2 is 2.05 bits per heavy atom. The Hall–Kier alpha value is -2.02. The lowest BCUT2D eigenvalue weighted by Gasteiger charge is -2.10. The van der Waals surface area contributed by atoms with E-state index < -0.39 is 5.97 Å². The molecule has 20 heavy (non-hydrogen) atoms. The summed E-state index contributed by atoms with van der Waals surface area (Å²) in [6.07, 6.45) is 0.807. The van der Waals surface area contributed by atoms with Crippen molar-refractivity contribution in [1.82, 2.24) is 5.16 Å². The first-order valence-corrected chi connectivity index (χ1v) is 6.74. The topological polar surface area (TPSA) is 81.8 Å². The summed E-state index contributed by atoms with van der Waals surface area (Å²) in [5, 5.41) is 12.3. The Kier molecular flexibility index (Phi) is 3.35. The first kappa shape index (κ1) is 13.0. The minimum atomic E-state index is -1.13. The Balaban J connectivity index is 2.03. The van der Waals surface area contributed by atoms with Gasteiger partial charge in [-0.25, -0.2) is 4.79 Å². The van der Waals surface area contributed by atoms with Gasteiger partial charge in [0.2, 0.25) is 0 Å². The van der Waals surface area contributed by atoms with Gasteiger partial charge in [-0.2, -0.15) is 0 Å². The number of aromatic carboxylic acids is 1. The molecule has 0 fully saturated rings. The maximum absolute atomic E-state index is 10.8. The molecule has 2 heterocycles. The number of carboxylic acid groups (broad SMARTS) is 1. The van der Waals surface area contributed by atoms with Crippen molar-refractivity contribution in [2.75, 3.05) is 13.2 Å². The van der Waals surface area contributed by atoms with Crippen LogP contribution >= 0.6 is 15.9 Å². The first-order valence-electron chi connectivity index (χ1n) is 5.94. The smallest absolute Gasteiger partial charge is 0.358 e. The van der Waals surface area contributed by atoms with E-state index in [2.05, 4.69) is 21.1 Å². The SMILES string of the molecule is O=C(O)c1cc(-c2cc(Br)c3c(c2)OCCCO3)on1. The molecule has 0 spiro atoms. The Bertz CT molecular complexity index is 667. The molecule has 1 N–H and O–H groups in total. The van der Waals surface area contributed by atoms with Crippen LogP contribution in [0.1, 0.15) is 16.9 Å². The van der Waals surface area contributed by atoms with Gasteiger partial charge in [0.15, 0.2) is 23.0 Å². The highest BCUT2D eigenvalue weighted by atomic mass is 79.9. The van der Waals surface area contributed by atoms with Crippen LogP contribution in [0.5, 0.6) is 11.5 Å². The number of carbonyl (C=O) groups is 1. The van der Waals surface area contributed by atoms with E-state index in [1.807, 2.05) is 0 Å².